The lowest BCUT2D eigenvalue weighted by atomic mass is 10.3. The van der Waals surface area contributed by atoms with Crippen molar-refractivity contribution < 1.29 is 4.79 Å². The maximum Gasteiger partial charge on any atom is 0.320 e. The molecule has 0 spiro atoms. The molecule has 0 unspecified atom stereocenters. The number of nitrogens with zero attached hydrogens (tertiary/aromatic N) is 1. The average Bonchev–Trinajstić information content (AvgIpc) is 2.83. The molecule has 2 rings (SSSR count). The van der Waals surface area contributed by atoms with E-state index in [0.717, 1.165) is 4.88 Å². The number of hydrogen-bond donors (Lipinski definition) is 2. The third-order valence-electron chi connectivity index (χ3n) is 2.22. The minimum Gasteiger partial charge on any atom is -0.330 e. The van der Waals surface area contributed by atoms with Crippen LogP contribution >= 0.6 is 11.3 Å². The summed E-state index contributed by atoms with van der Waals surface area (Å²) in [6.07, 6.45) is 1.64. The second-order valence-corrected chi connectivity index (χ2v) is 4.53. The highest BCUT2D eigenvalue weighted by molar-refractivity contribution is 7.10. The van der Waals surface area contributed by atoms with E-state index in [1.807, 2.05) is 30.5 Å². The number of carbonyl (C=O) groups is 1. The van der Waals surface area contributed by atoms with Gasteiger partial charge in [-0.25, -0.2) is 9.78 Å². The Hall–Kier alpha value is -1.88. The van der Waals surface area contributed by atoms with E-state index in [4.69, 9.17) is 0 Å². The lowest BCUT2D eigenvalue weighted by Crippen LogP contribution is -2.31. The number of pyridine rings is 1. The van der Waals surface area contributed by atoms with E-state index in [2.05, 4.69) is 15.6 Å². The molecule has 0 saturated heterocycles. The minimum absolute atomic E-state index is 0.00119. The van der Waals surface area contributed by atoms with Gasteiger partial charge in [0.15, 0.2) is 0 Å². The Morgan fingerprint density at radius 3 is 2.88 bits per heavy atom. The summed E-state index contributed by atoms with van der Waals surface area (Å²) in [7, 11) is 0. The van der Waals surface area contributed by atoms with Gasteiger partial charge < -0.3 is 5.32 Å². The molecule has 2 amide bonds. The van der Waals surface area contributed by atoms with Crippen LogP contribution in [0.3, 0.4) is 0 Å². The van der Waals surface area contributed by atoms with Crippen molar-refractivity contribution in [2.45, 2.75) is 13.0 Å². The summed E-state index contributed by atoms with van der Waals surface area (Å²) in [5.74, 6) is 0.545. The largest absolute Gasteiger partial charge is 0.330 e. The highest BCUT2D eigenvalue weighted by Gasteiger charge is 2.10. The first kappa shape index (κ1) is 11.6. The molecule has 17 heavy (non-hydrogen) atoms. The molecule has 2 heterocycles. The van der Waals surface area contributed by atoms with Gasteiger partial charge in [0.05, 0.1) is 6.04 Å². The van der Waals surface area contributed by atoms with Crippen LogP contribution in [0.15, 0.2) is 41.9 Å². The van der Waals surface area contributed by atoms with E-state index < -0.39 is 0 Å². The molecule has 0 aliphatic rings. The van der Waals surface area contributed by atoms with Gasteiger partial charge in [-0.3, -0.25) is 5.32 Å². The molecule has 88 valence electrons. The van der Waals surface area contributed by atoms with Gasteiger partial charge in [0.25, 0.3) is 0 Å². The Morgan fingerprint density at radius 1 is 1.35 bits per heavy atom. The fraction of sp³-hybridized carbons (Fsp3) is 0.167. The van der Waals surface area contributed by atoms with Crippen LogP contribution < -0.4 is 10.6 Å². The van der Waals surface area contributed by atoms with Crippen molar-refractivity contribution in [2.75, 3.05) is 5.32 Å². The molecule has 1 atom stereocenters. The molecule has 0 bridgehead atoms. The normalized spacial score (nSPS) is 11.8. The van der Waals surface area contributed by atoms with Crippen molar-refractivity contribution in [1.82, 2.24) is 10.3 Å². The number of hydrogen-bond acceptors (Lipinski definition) is 3. The van der Waals surface area contributed by atoms with Gasteiger partial charge in [0.2, 0.25) is 0 Å². The van der Waals surface area contributed by atoms with Gasteiger partial charge in [-0.1, -0.05) is 12.1 Å². The predicted octanol–water partition coefficient (Wildman–Crippen LogP) is 3.03. The smallest absolute Gasteiger partial charge is 0.320 e. The van der Waals surface area contributed by atoms with Crippen LogP contribution in [0.4, 0.5) is 10.6 Å². The van der Waals surface area contributed by atoms with Crippen molar-refractivity contribution in [3.63, 3.8) is 0 Å². The zero-order chi connectivity index (χ0) is 12.1. The van der Waals surface area contributed by atoms with Gasteiger partial charge in [0, 0.05) is 11.1 Å². The predicted molar refractivity (Wildman–Crippen MR) is 69.1 cm³/mol. The van der Waals surface area contributed by atoms with E-state index in [-0.39, 0.29) is 12.1 Å². The first-order chi connectivity index (χ1) is 8.25. The quantitative estimate of drug-likeness (QED) is 0.876. The van der Waals surface area contributed by atoms with E-state index in [1.54, 1.807) is 29.7 Å². The first-order valence-corrected chi connectivity index (χ1v) is 6.15. The number of thiophene rings is 1. The summed E-state index contributed by atoms with van der Waals surface area (Å²) in [4.78, 5) is 16.8. The van der Waals surface area contributed by atoms with Crippen LogP contribution in [0, 0.1) is 0 Å². The van der Waals surface area contributed by atoms with Crippen molar-refractivity contribution in [3.05, 3.63) is 46.8 Å². The van der Waals surface area contributed by atoms with Crippen molar-refractivity contribution >= 4 is 23.2 Å². The zero-order valence-corrected chi connectivity index (χ0v) is 10.2. The van der Waals surface area contributed by atoms with Gasteiger partial charge >= 0.3 is 6.03 Å². The van der Waals surface area contributed by atoms with Crippen LogP contribution in [-0.4, -0.2) is 11.0 Å². The van der Waals surface area contributed by atoms with Gasteiger partial charge in [-0.05, 0) is 30.5 Å². The van der Waals surface area contributed by atoms with Crippen LogP contribution in [0.25, 0.3) is 0 Å². The number of urea groups is 1. The number of amides is 2. The summed E-state index contributed by atoms with van der Waals surface area (Å²) in [6.45, 7) is 1.95. The molecule has 0 radical (unpaired) electrons. The summed E-state index contributed by atoms with van der Waals surface area (Å²) in [5, 5.41) is 7.52. The Balaban J connectivity index is 1.90. The van der Waals surface area contributed by atoms with E-state index >= 15 is 0 Å². The average molecular weight is 247 g/mol. The number of nitrogens with one attached hydrogen (secondary N) is 2. The van der Waals surface area contributed by atoms with Crippen LogP contribution in [0.2, 0.25) is 0 Å². The summed E-state index contributed by atoms with van der Waals surface area (Å²) in [5.41, 5.74) is 0. The molecule has 2 aromatic heterocycles. The van der Waals surface area contributed by atoms with Crippen LogP contribution in [0.5, 0.6) is 0 Å². The number of carbonyl (C=O) groups excluding carboxylic acids is 1. The Kier molecular flexibility index (Phi) is 3.72. The molecule has 0 fully saturated rings. The second kappa shape index (κ2) is 5.45. The highest BCUT2D eigenvalue weighted by atomic mass is 32.1. The van der Waals surface area contributed by atoms with Crippen LogP contribution in [0.1, 0.15) is 17.8 Å². The number of aromatic nitrogens is 1. The number of rotatable bonds is 3. The third-order valence-corrected chi connectivity index (χ3v) is 3.28. The van der Waals surface area contributed by atoms with E-state index in [0.29, 0.717) is 5.82 Å². The Labute approximate surface area is 104 Å². The molecule has 0 saturated carbocycles. The van der Waals surface area contributed by atoms with Crippen molar-refractivity contribution in [3.8, 4) is 0 Å². The fourth-order valence-electron chi connectivity index (χ4n) is 1.39. The van der Waals surface area contributed by atoms with E-state index in [1.165, 1.54) is 0 Å². The zero-order valence-electron chi connectivity index (χ0n) is 9.38. The summed E-state index contributed by atoms with van der Waals surface area (Å²) >= 11 is 1.62. The molecule has 4 nitrogen and oxygen atoms in total. The molecule has 0 aliphatic carbocycles. The first-order valence-electron chi connectivity index (χ1n) is 5.27. The lowest BCUT2D eigenvalue weighted by Gasteiger charge is -2.12. The molecule has 0 aliphatic heterocycles. The van der Waals surface area contributed by atoms with Crippen LogP contribution in [-0.2, 0) is 0 Å². The van der Waals surface area contributed by atoms with Gasteiger partial charge in [-0.15, -0.1) is 11.3 Å². The molecule has 5 heteroatoms. The molecule has 2 N–H and O–H groups in total. The highest BCUT2D eigenvalue weighted by Crippen LogP contribution is 2.17. The molecule has 0 aromatic carbocycles. The third kappa shape index (κ3) is 3.29. The Bertz CT molecular complexity index is 470. The van der Waals surface area contributed by atoms with Gasteiger partial charge in [0.1, 0.15) is 5.82 Å². The minimum atomic E-state index is -0.246. The fourth-order valence-corrected chi connectivity index (χ4v) is 2.13. The lowest BCUT2D eigenvalue weighted by molar-refractivity contribution is 0.249. The summed E-state index contributed by atoms with van der Waals surface area (Å²) < 4.78 is 0. The second-order valence-electron chi connectivity index (χ2n) is 3.55. The molecule has 2 aromatic rings. The van der Waals surface area contributed by atoms with Gasteiger partial charge in [-0.2, -0.15) is 0 Å². The van der Waals surface area contributed by atoms with Crippen molar-refractivity contribution in [1.29, 1.82) is 0 Å². The summed E-state index contributed by atoms with van der Waals surface area (Å²) in [6, 6.07) is 9.09. The topological polar surface area (TPSA) is 54.0 Å². The maximum atomic E-state index is 11.7. The van der Waals surface area contributed by atoms with E-state index in [9.17, 15) is 4.79 Å². The maximum absolute atomic E-state index is 11.7. The standard InChI is InChI=1S/C12H13N3OS/c1-9(10-5-4-8-17-10)14-12(16)15-11-6-2-3-7-13-11/h2-9H,1H3,(H2,13,14,15,16)/t9-/m0/s1. The van der Waals surface area contributed by atoms with Crippen molar-refractivity contribution in [2.24, 2.45) is 0 Å². The monoisotopic (exact) mass is 247 g/mol. The Morgan fingerprint density at radius 2 is 2.24 bits per heavy atom. The number of anilines is 1. The molecular weight excluding hydrogens is 234 g/mol. The molecular formula is C12H13N3OS. The SMILES string of the molecule is C[C@H](NC(=O)Nc1ccccn1)c1cccs1.